The minimum Gasteiger partial charge on any atom is -0.493 e. The summed E-state index contributed by atoms with van der Waals surface area (Å²) < 4.78 is 24.2. The monoisotopic (exact) mass is 437 g/mol. The molecule has 1 atom stereocenters. The lowest BCUT2D eigenvalue weighted by atomic mass is 10.1. The molecule has 1 unspecified atom stereocenters. The Morgan fingerprint density at radius 2 is 2.13 bits per heavy atom. The molecule has 0 bridgehead atoms. The highest BCUT2D eigenvalue weighted by molar-refractivity contribution is 6.33. The zero-order valence-electron chi connectivity index (χ0n) is 16.3. The Hall–Kier alpha value is -2.91. The van der Waals surface area contributed by atoms with Crippen LogP contribution in [0.25, 0.3) is 0 Å². The number of nitrogens with zero attached hydrogens (tertiary/aromatic N) is 2. The first-order chi connectivity index (χ1) is 14.4. The number of rotatable bonds is 7. The van der Waals surface area contributed by atoms with Crippen LogP contribution in [0.1, 0.15) is 17.3 Å². The summed E-state index contributed by atoms with van der Waals surface area (Å²) in [5, 5.41) is 13.7. The number of carbonyl (C=O) groups excluding carboxylic acids is 1. The molecule has 30 heavy (non-hydrogen) atoms. The van der Waals surface area contributed by atoms with E-state index in [0.717, 1.165) is 11.8 Å². The van der Waals surface area contributed by atoms with Crippen LogP contribution in [0.15, 0.2) is 36.4 Å². The molecule has 0 aliphatic carbocycles. The third kappa shape index (κ3) is 5.17. The summed E-state index contributed by atoms with van der Waals surface area (Å²) in [6.07, 6.45) is -0.281. The zero-order valence-corrected chi connectivity index (χ0v) is 17.0. The molecule has 1 aliphatic heterocycles. The van der Waals surface area contributed by atoms with Crippen LogP contribution in [0.5, 0.6) is 5.75 Å². The van der Waals surface area contributed by atoms with Crippen LogP contribution < -0.4 is 15.0 Å². The van der Waals surface area contributed by atoms with E-state index in [0.29, 0.717) is 19.7 Å². The van der Waals surface area contributed by atoms with E-state index in [1.165, 1.54) is 18.2 Å². The molecule has 0 radical (unpaired) electrons. The number of carbonyl (C=O) groups is 1. The van der Waals surface area contributed by atoms with Crippen molar-refractivity contribution in [3.8, 4) is 5.75 Å². The summed E-state index contributed by atoms with van der Waals surface area (Å²) in [5.41, 5.74) is 0.651. The number of anilines is 1. The van der Waals surface area contributed by atoms with Crippen LogP contribution in [-0.4, -0.2) is 49.8 Å². The van der Waals surface area contributed by atoms with Crippen molar-refractivity contribution in [2.75, 3.05) is 37.7 Å². The van der Waals surface area contributed by atoms with Gasteiger partial charge in [0.15, 0.2) is 0 Å². The van der Waals surface area contributed by atoms with Gasteiger partial charge in [-0.3, -0.25) is 14.9 Å². The number of nitro benzene ring substituents is 1. The molecule has 1 fully saturated rings. The maximum Gasteiger partial charge on any atom is 0.291 e. The summed E-state index contributed by atoms with van der Waals surface area (Å²) in [6, 6.07) is 8.57. The normalized spacial score (nSPS) is 16.2. The van der Waals surface area contributed by atoms with Crippen molar-refractivity contribution in [3.05, 3.63) is 62.9 Å². The van der Waals surface area contributed by atoms with Crippen molar-refractivity contribution >= 4 is 28.9 Å². The van der Waals surface area contributed by atoms with E-state index in [9.17, 15) is 19.3 Å². The second kappa shape index (κ2) is 9.73. The van der Waals surface area contributed by atoms with Gasteiger partial charge in [-0.25, -0.2) is 4.39 Å². The number of hydrogen-bond acceptors (Lipinski definition) is 6. The summed E-state index contributed by atoms with van der Waals surface area (Å²) >= 11 is 5.95. The summed E-state index contributed by atoms with van der Waals surface area (Å²) in [7, 11) is 0. The van der Waals surface area contributed by atoms with E-state index >= 15 is 0 Å². The lowest BCUT2D eigenvalue weighted by Gasteiger charge is -2.34. The average molecular weight is 438 g/mol. The third-order valence-corrected chi connectivity index (χ3v) is 4.91. The van der Waals surface area contributed by atoms with Gasteiger partial charge in [-0.1, -0.05) is 11.6 Å². The summed E-state index contributed by atoms with van der Waals surface area (Å²) in [6.45, 7) is 3.80. The number of benzene rings is 2. The minimum atomic E-state index is -0.632. The maximum absolute atomic E-state index is 13.1. The molecular formula is C20H21ClFN3O5. The molecular weight excluding hydrogens is 417 g/mol. The topological polar surface area (TPSA) is 93.9 Å². The predicted octanol–water partition coefficient (Wildman–Crippen LogP) is 3.42. The quantitative estimate of drug-likeness (QED) is 0.527. The molecule has 2 aromatic rings. The van der Waals surface area contributed by atoms with Crippen molar-refractivity contribution in [1.29, 1.82) is 0 Å². The van der Waals surface area contributed by atoms with Gasteiger partial charge < -0.3 is 19.7 Å². The molecule has 0 spiro atoms. The summed E-state index contributed by atoms with van der Waals surface area (Å²) in [5.74, 6) is -0.691. The molecule has 2 aromatic carbocycles. The Morgan fingerprint density at radius 1 is 1.40 bits per heavy atom. The Labute approximate surface area is 177 Å². The lowest BCUT2D eigenvalue weighted by Crippen LogP contribution is -2.47. The number of amides is 1. The number of nitro groups is 1. The number of hydrogen-bond donors (Lipinski definition) is 1. The molecule has 10 heteroatoms. The number of halogens is 2. The van der Waals surface area contributed by atoms with Crippen molar-refractivity contribution in [2.24, 2.45) is 0 Å². The van der Waals surface area contributed by atoms with Gasteiger partial charge >= 0.3 is 0 Å². The Morgan fingerprint density at radius 3 is 2.80 bits per heavy atom. The van der Waals surface area contributed by atoms with Gasteiger partial charge in [0.05, 0.1) is 35.9 Å². The lowest BCUT2D eigenvalue weighted by molar-refractivity contribution is -0.384. The van der Waals surface area contributed by atoms with Crippen molar-refractivity contribution in [2.45, 2.75) is 13.0 Å². The van der Waals surface area contributed by atoms with Gasteiger partial charge in [-0.2, -0.15) is 0 Å². The van der Waals surface area contributed by atoms with Crippen molar-refractivity contribution < 1.29 is 23.6 Å². The molecule has 1 heterocycles. The Kier molecular flexibility index (Phi) is 7.07. The molecule has 8 nitrogen and oxygen atoms in total. The second-order valence-electron chi connectivity index (χ2n) is 6.62. The van der Waals surface area contributed by atoms with Gasteiger partial charge in [-0.15, -0.1) is 0 Å². The molecule has 3 rings (SSSR count). The van der Waals surface area contributed by atoms with E-state index in [-0.39, 0.29) is 47.1 Å². The van der Waals surface area contributed by atoms with Crippen LogP contribution in [0, 0.1) is 15.9 Å². The van der Waals surface area contributed by atoms with E-state index in [1.807, 2.05) is 4.90 Å². The first-order valence-corrected chi connectivity index (χ1v) is 9.78. The van der Waals surface area contributed by atoms with Crippen LogP contribution in [-0.2, 0) is 4.74 Å². The first-order valence-electron chi connectivity index (χ1n) is 9.40. The highest BCUT2D eigenvalue weighted by Gasteiger charge is 2.24. The standard InChI is InChI=1S/C20H21ClFN3O5/c1-2-29-19-10-18(25(27)28)17(21)9-16(19)20(26)23-11-15-12-24(7-8-30-15)14-5-3-13(22)4-6-14/h3-6,9-10,15H,2,7-8,11-12H2,1H3,(H,23,26). The SMILES string of the molecule is CCOc1cc([N+](=O)[O-])c(Cl)cc1C(=O)NCC1CN(c2ccc(F)cc2)CCO1. The second-order valence-corrected chi connectivity index (χ2v) is 7.02. The fraction of sp³-hybridized carbons (Fsp3) is 0.350. The van der Waals surface area contributed by atoms with Crippen LogP contribution in [0.4, 0.5) is 15.8 Å². The molecule has 1 N–H and O–H groups in total. The van der Waals surface area contributed by atoms with E-state index in [1.54, 1.807) is 19.1 Å². The fourth-order valence-corrected chi connectivity index (χ4v) is 3.40. The number of ether oxygens (including phenoxy) is 2. The Balaban J connectivity index is 1.66. The molecule has 0 saturated carbocycles. The number of morpholine rings is 1. The van der Waals surface area contributed by atoms with E-state index in [2.05, 4.69) is 5.32 Å². The van der Waals surface area contributed by atoms with Crippen LogP contribution in [0.2, 0.25) is 5.02 Å². The van der Waals surface area contributed by atoms with Crippen LogP contribution in [0.3, 0.4) is 0 Å². The highest BCUT2D eigenvalue weighted by Crippen LogP contribution is 2.32. The first kappa shape index (κ1) is 21.8. The third-order valence-electron chi connectivity index (χ3n) is 4.61. The van der Waals surface area contributed by atoms with Crippen molar-refractivity contribution in [1.82, 2.24) is 5.32 Å². The largest absolute Gasteiger partial charge is 0.493 e. The predicted molar refractivity (Wildman–Crippen MR) is 110 cm³/mol. The highest BCUT2D eigenvalue weighted by atomic mass is 35.5. The molecule has 0 aromatic heterocycles. The minimum absolute atomic E-state index is 0.0867. The fourth-order valence-electron chi connectivity index (χ4n) is 3.17. The van der Waals surface area contributed by atoms with Gasteiger partial charge in [-0.05, 0) is 37.3 Å². The molecule has 1 saturated heterocycles. The van der Waals surface area contributed by atoms with E-state index in [4.69, 9.17) is 21.1 Å². The zero-order chi connectivity index (χ0) is 21.7. The van der Waals surface area contributed by atoms with Crippen molar-refractivity contribution in [3.63, 3.8) is 0 Å². The van der Waals surface area contributed by atoms with Gasteiger partial charge in [0.25, 0.3) is 11.6 Å². The van der Waals surface area contributed by atoms with Gasteiger partial charge in [0, 0.05) is 25.3 Å². The maximum atomic E-state index is 13.1. The van der Waals surface area contributed by atoms with E-state index < -0.39 is 10.8 Å². The Bertz CT molecular complexity index is 925. The number of nitrogens with one attached hydrogen (secondary N) is 1. The van der Waals surface area contributed by atoms with Gasteiger partial charge in [0.2, 0.25) is 0 Å². The molecule has 160 valence electrons. The average Bonchev–Trinajstić information content (AvgIpc) is 2.73. The summed E-state index contributed by atoms with van der Waals surface area (Å²) in [4.78, 5) is 25.2. The van der Waals surface area contributed by atoms with Crippen LogP contribution >= 0.6 is 11.6 Å². The smallest absolute Gasteiger partial charge is 0.291 e. The molecule has 1 amide bonds. The molecule has 1 aliphatic rings. The van der Waals surface area contributed by atoms with Gasteiger partial charge in [0.1, 0.15) is 16.6 Å².